The topological polar surface area (TPSA) is 39.4 Å². The molecule has 0 saturated heterocycles. The Balaban J connectivity index is 2.72. The van der Waals surface area contributed by atoms with Gasteiger partial charge >= 0.3 is 0 Å². The van der Waals surface area contributed by atoms with Gasteiger partial charge in [-0.1, -0.05) is 11.6 Å². The third kappa shape index (κ3) is 1.59. The van der Waals surface area contributed by atoms with E-state index in [1.807, 2.05) is 6.07 Å². The largest absolute Gasteiger partial charge is 0.495 e. The van der Waals surface area contributed by atoms with Gasteiger partial charge in [0.05, 0.1) is 13.4 Å². The first-order valence-electron chi connectivity index (χ1n) is 4.44. The van der Waals surface area contributed by atoms with Gasteiger partial charge in [0, 0.05) is 17.4 Å². The maximum absolute atomic E-state index is 10.5. The van der Waals surface area contributed by atoms with Gasteiger partial charge in [-0.2, -0.15) is 0 Å². The fourth-order valence-corrected chi connectivity index (χ4v) is 1.92. The first kappa shape index (κ1) is 10.1. The lowest BCUT2D eigenvalue weighted by atomic mass is 10.1. The van der Waals surface area contributed by atoms with Crippen molar-refractivity contribution in [1.29, 1.82) is 0 Å². The summed E-state index contributed by atoms with van der Waals surface area (Å²) in [5, 5.41) is 1.29. The number of benzene rings is 1. The summed E-state index contributed by atoms with van der Waals surface area (Å²) in [6.07, 6.45) is 2.66. The number of carbonyl (C=O) groups is 1. The zero-order valence-electron chi connectivity index (χ0n) is 8.12. The third-order valence-corrected chi connectivity index (χ3v) is 2.57. The van der Waals surface area contributed by atoms with Gasteiger partial charge < -0.3 is 13.9 Å². The molecule has 4 heteroatoms. The van der Waals surface area contributed by atoms with Gasteiger partial charge in [-0.15, -0.1) is 0 Å². The highest BCUT2D eigenvalue weighted by Gasteiger charge is 2.14. The van der Waals surface area contributed by atoms with E-state index in [4.69, 9.17) is 20.8 Å². The average molecular weight is 225 g/mol. The Morgan fingerprint density at radius 2 is 2.40 bits per heavy atom. The van der Waals surface area contributed by atoms with E-state index in [1.54, 1.807) is 12.3 Å². The lowest BCUT2D eigenvalue weighted by molar-refractivity contribution is -0.107. The summed E-state index contributed by atoms with van der Waals surface area (Å²) in [5.74, 6) is 0.506. The molecular formula is C11H9ClO3. The van der Waals surface area contributed by atoms with Gasteiger partial charge in [0.15, 0.2) is 5.58 Å². The summed E-state index contributed by atoms with van der Waals surface area (Å²) in [5.41, 5.74) is 1.36. The maximum atomic E-state index is 10.5. The minimum absolute atomic E-state index is 0.282. The molecule has 0 aliphatic heterocycles. The van der Waals surface area contributed by atoms with Crippen LogP contribution in [0.1, 0.15) is 5.56 Å². The molecule has 0 amide bonds. The van der Waals surface area contributed by atoms with Crippen molar-refractivity contribution in [3.63, 3.8) is 0 Å². The number of furan rings is 1. The number of fused-ring (bicyclic) bond motifs is 1. The summed E-state index contributed by atoms with van der Waals surface area (Å²) >= 11 is 6.09. The molecule has 0 aliphatic rings. The van der Waals surface area contributed by atoms with Crippen LogP contribution >= 0.6 is 11.6 Å². The molecule has 0 atom stereocenters. The molecule has 1 heterocycles. The second-order valence-electron chi connectivity index (χ2n) is 3.09. The second kappa shape index (κ2) is 3.95. The molecular weight excluding hydrogens is 216 g/mol. The minimum Gasteiger partial charge on any atom is -0.495 e. The lowest BCUT2D eigenvalue weighted by Crippen LogP contribution is -1.94. The number of halogens is 1. The number of hydrogen-bond acceptors (Lipinski definition) is 3. The van der Waals surface area contributed by atoms with Crippen LogP contribution in [0.5, 0.6) is 5.75 Å². The summed E-state index contributed by atoms with van der Waals surface area (Å²) in [6, 6.07) is 3.65. The molecule has 0 unspecified atom stereocenters. The Hall–Kier alpha value is -1.48. The van der Waals surface area contributed by atoms with Crippen molar-refractivity contribution < 1.29 is 13.9 Å². The number of ether oxygens (including phenoxy) is 1. The van der Waals surface area contributed by atoms with Crippen molar-refractivity contribution in [1.82, 2.24) is 0 Å². The maximum Gasteiger partial charge on any atom is 0.156 e. The van der Waals surface area contributed by atoms with Gasteiger partial charge in [0.25, 0.3) is 0 Å². The molecule has 2 rings (SSSR count). The van der Waals surface area contributed by atoms with E-state index in [2.05, 4.69) is 0 Å². The summed E-state index contributed by atoms with van der Waals surface area (Å²) in [7, 11) is 1.52. The van der Waals surface area contributed by atoms with Crippen molar-refractivity contribution in [2.75, 3.05) is 7.11 Å². The van der Waals surface area contributed by atoms with E-state index in [1.165, 1.54) is 7.11 Å². The predicted molar refractivity (Wildman–Crippen MR) is 57.5 cm³/mol. The zero-order chi connectivity index (χ0) is 10.8. The van der Waals surface area contributed by atoms with Crippen LogP contribution in [0.3, 0.4) is 0 Å². The normalized spacial score (nSPS) is 10.5. The molecule has 0 aliphatic carbocycles. The van der Waals surface area contributed by atoms with Crippen LogP contribution in [-0.2, 0) is 11.2 Å². The molecule has 78 valence electrons. The Kier molecular flexibility index (Phi) is 2.64. The molecule has 3 nitrogen and oxygen atoms in total. The Bertz CT molecular complexity index is 502. The summed E-state index contributed by atoms with van der Waals surface area (Å²) in [6.45, 7) is 0. The van der Waals surface area contributed by atoms with E-state index >= 15 is 0 Å². The highest BCUT2D eigenvalue weighted by Crippen LogP contribution is 2.36. The predicted octanol–water partition coefficient (Wildman–Crippen LogP) is 2.84. The molecule has 0 saturated carbocycles. The molecule has 1 aromatic heterocycles. The quantitative estimate of drug-likeness (QED) is 0.753. The molecule has 15 heavy (non-hydrogen) atoms. The van der Waals surface area contributed by atoms with Crippen molar-refractivity contribution in [3.05, 3.63) is 29.0 Å². The van der Waals surface area contributed by atoms with Crippen LogP contribution in [0.4, 0.5) is 0 Å². The highest BCUT2D eigenvalue weighted by atomic mass is 35.5. The average Bonchev–Trinajstić information content (AvgIpc) is 2.67. The Labute approximate surface area is 91.6 Å². The first-order valence-corrected chi connectivity index (χ1v) is 4.82. The number of methoxy groups -OCH3 is 1. The van der Waals surface area contributed by atoms with Gasteiger partial charge in [-0.05, 0) is 12.1 Å². The van der Waals surface area contributed by atoms with Crippen LogP contribution in [-0.4, -0.2) is 13.4 Å². The van der Waals surface area contributed by atoms with E-state index < -0.39 is 0 Å². The van der Waals surface area contributed by atoms with Gasteiger partial charge in [-0.25, -0.2) is 0 Å². The number of hydrogen-bond donors (Lipinski definition) is 0. The van der Waals surface area contributed by atoms with Gasteiger partial charge in [-0.3, -0.25) is 0 Å². The standard InChI is InChI=1S/C11H9ClO3/c1-14-10-7(2-4-13)6-8-3-5-15-11(8)9(10)12/h3-6H,2H2,1H3. The molecule has 0 bridgehead atoms. The fourth-order valence-electron chi connectivity index (χ4n) is 1.57. The van der Waals surface area contributed by atoms with Crippen LogP contribution in [0, 0.1) is 0 Å². The van der Waals surface area contributed by atoms with E-state index in [0.717, 1.165) is 17.2 Å². The fraction of sp³-hybridized carbons (Fsp3) is 0.182. The number of rotatable bonds is 3. The summed E-state index contributed by atoms with van der Waals surface area (Å²) < 4.78 is 10.4. The van der Waals surface area contributed by atoms with E-state index in [9.17, 15) is 4.79 Å². The van der Waals surface area contributed by atoms with E-state index in [-0.39, 0.29) is 6.42 Å². The van der Waals surface area contributed by atoms with Crippen molar-refractivity contribution in [2.45, 2.75) is 6.42 Å². The third-order valence-electron chi connectivity index (χ3n) is 2.22. The van der Waals surface area contributed by atoms with Crippen LogP contribution in [0.25, 0.3) is 11.0 Å². The van der Waals surface area contributed by atoms with Crippen molar-refractivity contribution in [2.24, 2.45) is 0 Å². The Morgan fingerprint density at radius 1 is 1.60 bits per heavy atom. The number of carbonyl (C=O) groups excluding carboxylic acids is 1. The van der Waals surface area contributed by atoms with Crippen LogP contribution in [0.2, 0.25) is 5.02 Å². The molecule has 0 radical (unpaired) electrons. The zero-order valence-corrected chi connectivity index (χ0v) is 8.88. The molecule has 0 spiro atoms. The molecule has 1 aromatic carbocycles. The van der Waals surface area contributed by atoms with Gasteiger partial charge in [0.2, 0.25) is 0 Å². The Morgan fingerprint density at radius 3 is 3.07 bits per heavy atom. The second-order valence-corrected chi connectivity index (χ2v) is 3.47. The smallest absolute Gasteiger partial charge is 0.156 e. The molecule has 2 aromatic rings. The monoisotopic (exact) mass is 224 g/mol. The summed E-state index contributed by atoms with van der Waals surface area (Å²) in [4.78, 5) is 10.5. The van der Waals surface area contributed by atoms with Crippen molar-refractivity contribution >= 4 is 28.9 Å². The SMILES string of the molecule is COc1c(CC=O)cc2ccoc2c1Cl. The van der Waals surface area contributed by atoms with Crippen molar-refractivity contribution in [3.8, 4) is 5.75 Å². The molecule has 0 N–H and O–H groups in total. The minimum atomic E-state index is 0.282. The highest BCUT2D eigenvalue weighted by molar-refractivity contribution is 6.36. The van der Waals surface area contributed by atoms with Crippen LogP contribution < -0.4 is 4.74 Å². The van der Waals surface area contributed by atoms with Gasteiger partial charge in [0.1, 0.15) is 17.1 Å². The first-order chi connectivity index (χ1) is 7.27. The van der Waals surface area contributed by atoms with E-state index in [0.29, 0.717) is 16.4 Å². The molecule has 0 fully saturated rings. The lowest BCUT2D eigenvalue weighted by Gasteiger charge is -2.08. The number of aldehydes is 1. The van der Waals surface area contributed by atoms with Crippen LogP contribution in [0.15, 0.2) is 22.8 Å².